The van der Waals surface area contributed by atoms with Crippen LogP contribution < -0.4 is 4.90 Å². The van der Waals surface area contributed by atoms with Gasteiger partial charge in [0, 0.05) is 26.2 Å². The van der Waals surface area contributed by atoms with E-state index in [0.29, 0.717) is 55.2 Å². The van der Waals surface area contributed by atoms with Gasteiger partial charge >= 0.3 is 6.09 Å². The minimum absolute atomic E-state index is 0.197. The standard InChI is InChI=1S/C17H22N4O3S/c1-12(2)11-24-17(23)21-9-7-20(8-10-21)16-18-15(25-19-16)13-5-3-4-6-14(13)22/h3-6,12,22H,7-11H2,1-2H3. The van der Waals surface area contributed by atoms with Crippen LogP contribution in [0.2, 0.25) is 0 Å². The number of piperazine rings is 1. The molecular formula is C17H22N4O3S. The SMILES string of the molecule is CC(C)COC(=O)N1CCN(c2nsc(-c3ccccc3O)n2)CC1. The summed E-state index contributed by atoms with van der Waals surface area (Å²) < 4.78 is 9.67. The molecule has 3 rings (SSSR count). The summed E-state index contributed by atoms with van der Waals surface area (Å²) in [5.41, 5.74) is 0.683. The summed E-state index contributed by atoms with van der Waals surface area (Å²) in [6, 6.07) is 7.09. The lowest BCUT2D eigenvalue weighted by atomic mass is 10.2. The van der Waals surface area contributed by atoms with E-state index in [0.717, 1.165) is 0 Å². The summed E-state index contributed by atoms with van der Waals surface area (Å²) in [6.07, 6.45) is -0.255. The molecule has 1 aromatic carbocycles. The number of aromatic nitrogens is 2. The van der Waals surface area contributed by atoms with Gasteiger partial charge in [-0.3, -0.25) is 0 Å². The predicted molar refractivity (Wildman–Crippen MR) is 97.0 cm³/mol. The average molecular weight is 362 g/mol. The van der Waals surface area contributed by atoms with Gasteiger partial charge in [-0.05, 0) is 29.6 Å². The predicted octanol–water partition coefficient (Wildman–Crippen LogP) is 2.83. The van der Waals surface area contributed by atoms with Gasteiger partial charge < -0.3 is 19.6 Å². The maximum absolute atomic E-state index is 12.0. The van der Waals surface area contributed by atoms with Gasteiger partial charge in [-0.25, -0.2) is 4.79 Å². The molecule has 1 aliphatic heterocycles. The lowest BCUT2D eigenvalue weighted by Gasteiger charge is -2.33. The number of carbonyl (C=O) groups excluding carboxylic acids is 1. The van der Waals surface area contributed by atoms with Crippen LogP contribution in [0.1, 0.15) is 13.8 Å². The Morgan fingerprint density at radius 3 is 2.68 bits per heavy atom. The van der Waals surface area contributed by atoms with Gasteiger partial charge in [0.15, 0.2) is 0 Å². The van der Waals surface area contributed by atoms with Crippen LogP contribution in [-0.4, -0.2) is 58.2 Å². The summed E-state index contributed by atoms with van der Waals surface area (Å²) in [4.78, 5) is 20.3. The number of ether oxygens (including phenoxy) is 1. The van der Waals surface area contributed by atoms with Gasteiger partial charge in [-0.1, -0.05) is 26.0 Å². The minimum atomic E-state index is -0.255. The topological polar surface area (TPSA) is 78.8 Å². The summed E-state index contributed by atoms with van der Waals surface area (Å²) in [6.45, 7) is 6.96. The van der Waals surface area contributed by atoms with Crippen LogP contribution in [0.4, 0.5) is 10.7 Å². The van der Waals surface area contributed by atoms with Crippen molar-refractivity contribution < 1.29 is 14.6 Å². The fraction of sp³-hybridized carbons (Fsp3) is 0.471. The Morgan fingerprint density at radius 1 is 1.28 bits per heavy atom. The number of carbonyl (C=O) groups is 1. The number of rotatable bonds is 4. The second-order valence-electron chi connectivity index (χ2n) is 6.36. The Labute approximate surface area is 151 Å². The summed E-state index contributed by atoms with van der Waals surface area (Å²) >= 11 is 1.26. The van der Waals surface area contributed by atoms with Crippen molar-refractivity contribution in [2.24, 2.45) is 5.92 Å². The molecule has 134 valence electrons. The first kappa shape index (κ1) is 17.5. The van der Waals surface area contributed by atoms with Crippen LogP contribution in [0.5, 0.6) is 5.75 Å². The molecule has 1 aliphatic rings. The summed E-state index contributed by atoms with van der Waals surface area (Å²) in [5.74, 6) is 1.17. The molecule has 0 saturated carbocycles. The quantitative estimate of drug-likeness (QED) is 0.901. The van der Waals surface area contributed by atoms with Crippen LogP contribution in [0.15, 0.2) is 24.3 Å². The van der Waals surface area contributed by atoms with Crippen molar-refractivity contribution in [2.45, 2.75) is 13.8 Å². The number of phenols is 1. The largest absolute Gasteiger partial charge is 0.507 e. The van der Waals surface area contributed by atoms with E-state index >= 15 is 0 Å². The Bertz CT molecular complexity index is 726. The fourth-order valence-electron chi connectivity index (χ4n) is 2.53. The Kier molecular flexibility index (Phi) is 5.37. The van der Waals surface area contributed by atoms with Crippen molar-refractivity contribution >= 4 is 23.6 Å². The molecule has 0 radical (unpaired) electrons. The van der Waals surface area contributed by atoms with Gasteiger partial charge in [0.05, 0.1) is 12.2 Å². The molecule has 25 heavy (non-hydrogen) atoms. The van der Waals surface area contributed by atoms with Crippen molar-refractivity contribution in [3.8, 4) is 16.3 Å². The molecule has 2 aromatic rings. The molecule has 2 heterocycles. The highest BCUT2D eigenvalue weighted by Crippen LogP contribution is 2.31. The Hall–Kier alpha value is -2.35. The number of hydrogen-bond acceptors (Lipinski definition) is 7. The zero-order valence-electron chi connectivity index (χ0n) is 14.4. The third-order valence-corrected chi connectivity index (χ3v) is 4.65. The highest BCUT2D eigenvalue weighted by molar-refractivity contribution is 7.09. The molecule has 0 bridgehead atoms. The number of para-hydroxylation sites is 1. The summed E-state index contributed by atoms with van der Waals surface area (Å²) in [7, 11) is 0. The summed E-state index contributed by atoms with van der Waals surface area (Å²) in [5, 5.41) is 10.6. The number of nitrogens with zero attached hydrogens (tertiary/aromatic N) is 4. The molecule has 0 aliphatic carbocycles. The Morgan fingerprint density at radius 2 is 2.00 bits per heavy atom. The minimum Gasteiger partial charge on any atom is -0.507 e. The van der Waals surface area contributed by atoms with Crippen LogP contribution in [0, 0.1) is 5.92 Å². The fourth-order valence-corrected chi connectivity index (χ4v) is 3.24. The highest BCUT2D eigenvalue weighted by atomic mass is 32.1. The molecule has 7 nitrogen and oxygen atoms in total. The maximum Gasteiger partial charge on any atom is 0.409 e. The van der Waals surface area contributed by atoms with E-state index < -0.39 is 0 Å². The van der Waals surface area contributed by atoms with E-state index in [2.05, 4.69) is 9.36 Å². The molecule has 0 atom stereocenters. The van der Waals surface area contributed by atoms with E-state index in [9.17, 15) is 9.90 Å². The number of anilines is 1. The lowest BCUT2D eigenvalue weighted by molar-refractivity contribution is 0.0900. The molecular weight excluding hydrogens is 340 g/mol. The normalized spacial score (nSPS) is 14.8. The molecule has 1 N–H and O–H groups in total. The molecule has 8 heteroatoms. The Balaban J connectivity index is 1.59. The number of aromatic hydroxyl groups is 1. The molecule has 1 amide bonds. The smallest absolute Gasteiger partial charge is 0.409 e. The zero-order valence-corrected chi connectivity index (χ0v) is 15.2. The second-order valence-corrected chi connectivity index (χ2v) is 7.11. The van der Waals surface area contributed by atoms with Crippen molar-refractivity contribution in [3.63, 3.8) is 0 Å². The monoisotopic (exact) mass is 362 g/mol. The highest BCUT2D eigenvalue weighted by Gasteiger charge is 2.24. The average Bonchev–Trinajstić information content (AvgIpc) is 3.10. The first-order chi connectivity index (χ1) is 12.0. The van der Waals surface area contributed by atoms with Crippen molar-refractivity contribution in [1.82, 2.24) is 14.3 Å². The van der Waals surface area contributed by atoms with Crippen LogP contribution in [0.25, 0.3) is 10.6 Å². The first-order valence-electron chi connectivity index (χ1n) is 8.33. The van der Waals surface area contributed by atoms with Crippen molar-refractivity contribution in [1.29, 1.82) is 0 Å². The third kappa shape index (κ3) is 4.19. The van der Waals surface area contributed by atoms with Crippen molar-refractivity contribution in [2.75, 3.05) is 37.7 Å². The molecule has 0 unspecified atom stereocenters. The number of amides is 1. The molecule has 1 saturated heterocycles. The van der Waals surface area contributed by atoms with Gasteiger partial charge in [-0.2, -0.15) is 9.36 Å². The van der Waals surface area contributed by atoms with Gasteiger partial charge in [-0.15, -0.1) is 0 Å². The first-order valence-corrected chi connectivity index (χ1v) is 9.10. The van der Waals surface area contributed by atoms with E-state index in [1.807, 2.05) is 30.9 Å². The molecule has 1 aromatic heterocycles. The van der Waals surface area contributed by atoms with Gasteiger partial charge in [0.2, 0.25) is 5.95 Å². The number of hydrogen-bond donors (Lipinski definition) is 1. The zero-order chi connectivity index (χ0) is 17.8. The molecule has 1 fully saturated rings. The number of phenolic OH excluding ortho intramolecular Hbond substituents is 1. The third-order valence-electron chi connectivity index (χ3n) is 3.91. The molecule has 0 spiro atoms. The van der Waals surface area contributed by atoms with E-state index in [-0.39, 0.29) is 11.8 Å². The maximum atomic E-state index is 12.0. The van der Waals surface area contributed by atoms with E-state index in [1.54, 1.807) is 17.0 Å². The van der Waals surface area contributed by atoms with Crippen LogP contribution in [0.3, 0.4) is 0 Å². The van der Waals surface area contributed by atoms with Gasteiger partial charge in [0.25, 0.3) is 0 Å². The van der Waals surface area contributed by atoms with E-state index in [1.165, 1.54) is 11.5 Å². The lowest BCUT2D eigenvalue weighted by Crippen LogP contribution is -2.49. The van der Waals surface area contributed by atoms with Crippen molar-refractivity contribution in [3.05, 3.63) is 24.3 Å². The number of benzene rings is 1. The van der Waals surface area contributed by atoms with E-state index in [4.69, 9.17) is 4.74 Å². The van der Waals surface area contributed by atoms with Crippen LogP contribution >= 0.6 is 11.5 Å². The second kappa shape index (κ2) is 7.69. The van der Waals surface area contributed by atoms with Crippen LogP contribution in [-0.2, 0) is 4.74 Å². The van der Waals surface area contributed by atoms with Gasteiger partial charge in [0.1, 0.15) is 10.8 Å².